The normalized spacial score (nSPS) is 24.6. The molecule has 2 aliphatic rings. The Morgan fingerprint density at radius 3 is 2.40 bits per heavy atom. The molecule has 3 rings (SSSR count). The molecule has 8 heteroatoms. The maximum atomic E-state index is 12.0. The molecule has 0 amide bonds. The van der Waals surface area contributed by atoms with Crippen molar-refractivity contribution in [2.75, 3.05) is 37.7 Å². The van der Waals surface area contributed by atoms with Crippen LogP contribution in [0.3, 0.4) is 0 Å². The molecular formula is C12H17ClF2N4O. The summed E-state index contributed by atoms with van der Waals surface area (Å²) in [5.41, 5.74) is 0. The largest absolute Gasteiger partial charge is 0.484 e. The molecule has 20 heavy (non-hydrogen) atoms. The van der Waals surface area contributed by atoms with Crippen LogP contribution in [0.5, 0.6) is 5.75 Å². The molecule has 2 saturated heterocycles. The van der Waals surface area contributed by atoms with Crippen molar-refractivity contribution in [3.05, 3.63) is 12.4 Å². The van der Waals surface area contributed by atoms with Crippen LogP contribution < -0.4 is 15.0 Å². The Balaban J connectivity index is 0.00000147. The Morgan fingerprint density at radius 1 is 1.25 bits per heavy atom. The molecule has 5 nitrogen and oxygen atoms in total. The third kappa shape index (κ3) is 3.27. The van der Waals surface area contributed by atoms with E-state index < -0.39 is 13.0 Å². The molecular weight excluding hydrogens is 290 g/mol. The number of hydrogen-bond donors (Lipinski definition) is 1. The molecule has 0 aromatic carbocycles. The highest BCUT2D eigenvalue weighted by Crippen LogP contribution is 2.28. The van der Waals surface area contributed by atoms with Crippen molar-refractivity contribution in [3.63, 3.8) is 0 Å². The average Bonchev–Trinajstić information content (AvgIpc) is 2.97. The highest BCUT2D eigenvalue weighted by Gasteiger charge is 2.36. The first-order valence-corrected chi connectivity index (χ1v) is 6.41. The van der Waals surface area contributed by atoms with Gasteiger partial charge in [-0.25, -0.2) is 18.7 Å². The van der Waals surface area contributed by atoms with Gasteiger partial charge >= 0.3 is 0 Å². The Kier molecular flexibility index (Phi) is 4.93. The second-order valence-corrected chi connectivity index (χ2v) is 5.00. The minimum Gasteiger partial charge on any atom is -0.484 e. The van der Waals surface area contributed by atoms with Gasteiger partial charge in [0, 0.05) is 26.2 Å². The molecule has 2 atom stereocenters. The number of nitrogens with zero attached hydrogens (tertiary/aromatic N) is 3. The highest BCUT2D eigenvalue weighted by molar-refractivity contribution is 5.85. The third-order valence-electron chi connectivity index (χ3n) is 3.66. The van der Waals surface area contributed by atoms with Gasteiger partial charge in [-0.2, -0.15) is 0 Å². The Labute approximate surface area is 122 Å². The average molecular weight is 307 g/mol. The van der Waals surface area contributed by atoms with Crippen LogP contribution in [0.2, 0.25) is 0 Å². The van der Waals surface area contributed by atoms with Crippen molar-refractivity contribution in [1.82, 2.24) is 15.3 Å². The quantitative estimate of drug-likeness (QED) is 0.906. The van der Waals surface area contributed by atoms with Gasteiger partial charge in [-0.3, -0.25) is 0 Å². The third-order valence-corrected chi connectivity index (χ3v) is 3.66. The van der Waals surface area contributed by atoms with Crippen molar-refractivity contribution < 1.29 is 13.5 Å². The van der Waals surface area contributed by atoms with Gasteiger partial charge in [0.25, 0.3) is 6.43 Å². The first-order valence-electron chi connectivity index (χ1n) is 6.41. The van der Waals surface area contributed by atoms with E-state index in [-0.39, 0.29) is 18.2 Å². The van der Waals surface area contributed by atoms with Crippen LogP contribution in [0.15, 0.2) is 12.4 Å². The van der Waals surface area contributed by atoms with Gasteiger partial charge in [-0.05, 0) is 11.8 Å². The Morgan fingerprint density at radius 2 is 1.85 bits per heavy atom. The number of halogens is 3. The summed E-state index contributed by atoms with van der Waals surface area (Å²) in [6.07, 6.45) is 0.429. The molecule has 0 spiro atoms. The van der Waals surface area contributed by atoms with Gasteiger partial charge in [0.15, 0.2) is 5.75 Å². The Hall–Kier alpha value is -1.21. The van der Waals surface area contributed by atoms with E-state index >= 15 is 0 Å². The summed E-state index contributed by atoms with van der Waals surface area (Å²) in [6.45, 7) is 3.39. The molecule has 0 bridgehead atoms. The number of anilines is 1. The molecule has 2 aliphatic heterocycles. The van der Waals surface area contributed by atoms with Gasteiger partial charge in [0.05, 0.1) is 12.4 Å². The molecule has 2 fully saturated rings. The zero-order valence-corrected chi connectivity index (χ0v) is 11.7. The summed E-state index contributed by atoms with van der Waals surface area (Å²) in [5, 5.41) is 3.37. The molecule has 2 unspecified atom stereocenters. The number of alkyl halides is 2. The van der Waals surface area contributed by atoms with Crippen LogP contribution >= 0.6 is 12.4 Å². The lowest BCUT2D eigenvalue weighted by molar-refractivity contribution is 0.0815. The number of fused-ring (bicyclic) bond motifs is 1. The van der Waals surface area contributed by atoms with Gasteiger partial charge in [-0.1, -0.05) is 0 Å². The minimum atomic E-state index is -2.48. The standard InChI is InChI=1S/C12H16F2N4O.ClH/c13-11(14)7-19-10-3-16-12(17-4-10)18-5-8-1-15-2-9(8)6-18;/h3-4,8-9,11,15H,1-2,5-7H2;1H. The van der Waals surface area contributed by atoms with E-state index in [4.69, 9.17) is 4.74 Å². The molecule has 1 N–H and O–H groups in total. The minimum absolute atomic E-state index is 0. The summed E-state index contributed by atoms with van der Waals surface area (Å²) < 4.78 is 28.9. The van der Waals surface area contributed by atoms with E-state index in [0.717, 1.165) is 26.2 Å². The first-order chi connectivity index (χ1) is 9.22. The van der Waals surface area contributed by atoms with Crippen molar-refractivity contribution in [2.45, 2.75) is 6.43 Å². The van der Waals surface area contributed by atoms with E-state index in [9.17, 15) is 8.78 Å². The molecule has 0 radical (unpaired) electrons. The van der Waals surface area contributed by atoms with Gasteiger partial charge in [0.1, 0.15) is 6.61 Å². The first kappa shape index (κ1) is 15.2. The van der Waals surface area contributed by atoms with E-state index in [1.807, 2.05) is 0 Å². The van der Waals surface area contributed by atoms with Crippen molar-refractivity contribution in [1.29, 1.82) is 0 Å². The molecule has 112 valence electrons. The summed E-state index contributed by atoms with van der Waals surface area (Å²) in [5.74, 6) is 2.26. The second-order valence-electron chi connectivity index (χ2n) is 5.00. The number of hydrogen-bond acceptors (Lipinski definition) is 5. The molecule has 1 aromatic rings. The predicted octanol–water partition coefficient (Wildman–Crippen LogP) is 1.20. The van der Waals surface area contributed by atoms with Crippen LogP contribution in [0.1, 0.15) is 0 Å². The predicted molar refractivity (Wildman–Crippen MR) is 72.8 cm³/mol. The summed E-state index contributed by atoms with van der Waals surface area (Å²) in [6, 6.07) is 0. The monoisotopic (exact) mass is 306 g/mol. The number of rotatable bonds is 4. The van der Waals surface area contributed by atoms with E-state index in [2.05, 4.69) is 20.2 Å². The van der Waals surface area contributed by atoms with Crippen LogP contribution in [0.25, 0.3) is 0 Å². The van der Waals surface area contributed by atoms with Crippen molar-refractivity contribution in [2.24, 2.45) is 11.8 Å². The zero-order chi connectivity index (χ0) is 13.2. The fourth-order valence-corrected chi connectivity index (χ4v) is 2.73. The summed E-state index contributed by atoms with van der Waals surface area (Å²) >= 11 is 0. The zero-order valence-electron chi connectivity index (χ0n) is 10.8. The fraction of sp³-hybridized carbons (Fsp3) is 0.667. The van der Waals surface area contributed by atoms with E-state index in [0.29, 0.717) is 17.8 Å². The molecule has 0 aliphatic carbocycles. The van der Waals surface area contributed by atoms with Crippen molar-refractivity contribution >= 4 is 18.4 Å². The molecule has 3 heterocycles. The molecule has 0 saturated carbocycles. The van der Waals surface area contributed by atoms with Crippen LogP contribution in [-0.2, 0) is 0 Å². The smallest absolute Gasteiger partial charge is 0.272 e. The number of aromatic nitrogens is 2. The van der Waals surface area contributed by atoms with Crippen molar-refractivity contribution in [3.8, 4) is 5.75 Å². The fourth-order valence-electron chi connectivity index (χ4n) is 2.73. The lowest BCUT2D eigenvalue weighted by Crippen LogP contribution is -2.26. The number of nitrogens with one attached hydrogen (secondary N) is 1. The van der Waals surface area contributed by atoms with E-state index in [1.54, 1.807) is 0 Å². The van der Waals surface area contributed by atoms with E-state index in [1.165, 1.54) is 12.4 Å². The van der Waals surface area contributed by atoms with Crippen LogP contribution in [0.4, 0.5) is 14.7 Å². The van der Waals surface area contributed by atoms with Crippen LogP contribution in [0, 0.1) is 11.8 Å². The molecule has 1 aromatic heterocycles. The summed E-state index contributed by atoms with van der Waals surface area (Å²) in [7, 11) is 0. The lowest BCUT2D eigenvalue weighted by Gasteiger charge is -2.17. The van der Waals surface area contributed by atoms with Gasteiger partial charge in [0.2, 0.25) is 5.95 Å². The van der Waals surface area contributed by atoms with Crippen LogP contribution in [-0.4, -0.2) is 49.2 Å². The van der Waals surface area contributed by atoms with Gasteiger partial charge < -0.3 is 15.0 Å². The summed E-state index contributed by atoms with van der Waals surface area (Å²) in [4.78, 5) is 10.5. The maximum Gasteiger partial charge on any atom is 0.272 e. The second kappa shape index (κ2) is 6.49. The maximum absolute atomic E-state index is 12.0. The lowest BCUT2D eigenvalue weighted by atomic mass is 10.0. The van der Waals surface area contributed by atoms with Gasteiger partial charge in [-0.15, -0.1) is 12.4 Å². The highest BCUT2D eigenvalue weighted by atomic mass is 35.5. The number of ether oxygens (including phenoxy) is 1. The topological polar surface area (TPSA) is 50.3 Å². The SMILES string of the molecule is Cl.FC(F)COc1cnc(N2CC3CNCC3C2)nc1. The Bertz CT molecular complexity index is 422.